The maximum Gasteiger partial charge on any atom is 0.237 e. The van der Waals surface area contributed by atoms with Crippen molar-refractivity contribution in [2.24, 2.45) is 17.8 Å². The average molecular weight is 410 g/mol. The number of piperazine rings is 1. The van der Waals surface area contributed by atoms with Crippen LogP contribution >= 0.6 is 0 Å². The van der Waals surface area contributed by atoms with Crippen LogP contribution in [0.5, 0.6) is 0 Å². The fourth-order valence-corrected chi connectivity index (χ4v) is 7.07. The third-order valence-corrected chi connectivity index (χ3v) is 8.31. The molecule has 1 amide bonds. The number of ketones is 1. The number of carbonyl (C=O) groups excluding carboxylic acids is 2. The highest BCUT2D eigenvalue weighted by Crippen LogP contribution is 2.55. The number of benzene rings is 1. The standard InChI is InChI=1S/C25H35N3O2/c1-17(24(30)26-25-14-19-11-20(15-25)13-21(12-19)16-25)27-7-9-28(10-8-27)23-5-3-22(4-6-23)18(2)29/h3-6,17,19-21H,7-16H2,1-2H3,(H,26,30)/t17-,19?,20?,21?,25?/m1/s1. The van der Waals surface area contributed by atoms with E-state index in [1.807, 2.05) is 24.3 Å². The van der Waals surface area contributed by atoms with E-state index in [-0.39, 0.29) is 23.3 Å². The number of nitrogens with zero attached hydrogens (tertiary/aromatic N) is 2. The van der Waals surface area contributed by atoms with Crippen molar-refractivity contribution in [3.05, 3.63) is 29.8 Å². The fourth-order valence-electron chi connectivity index (χ4n) is 7.07. The first-order chi connectivity index (χ1) is 14.4. The van der Waals surface area contributed by atoms with E-state index in [9.17, 15) is 9.59 Å². The van der Waals surface area contributed by atoms with Gasteiger partial charge in [-0.2, -0.15) is 0 Å². The van der Waals surface area contributed by atoms with Crippen LogP contribution in [0.3, 0.4) is 0 Å². The van der Waals surface area contributed by atoms with Gasteiger partial charge in [-0.3, -0.25) is 14.5 Å². The van der Waals surface area contributed by atoms with Gasteiger partial charge in [-0.25, -0.2) is 0 Å². The average Bonchev–Trinajstić information content (AvgIpc) is 2.72. The Morgan fingerprint density at radius 3 is 1.97 bits per heavy atom. The molecule has 1 heterocycles. The molecule has 0 radical (unpaired) electrons. The number of carbonyl (C=O) groups is 2. The molecule has 4 aliphatic carbocycles. The summed E-state index contributed by atoms with van der Waals surface area (Å²) >= 11 is 0. The lowest BCUT2D eigenvalue weighted by Crippen LogP contribution is -2.63. The molecule has 5 fully saturated rings. The van der Waals surface area contributed by atoms with Crippen LogP contribution in [-0.2, 0) is 4.79 Å². The van der Waals surface area contributed by atoms with E-state index in [0.717, 1.165) is 55.2 Å². The molecule has 4 saturated carbocycles. The van der Waals surface area contributed by atoms with E-state index in [1.54, 1.807) is 6.92 Å². The Balaban J connectivity index is 1.16. The molecule has 1 saturated heterocycles. The van der Waals surface area contributed by atoms with Gasteiger partial charge in [0.2, 0.25) is 5.91 Å². The van der Waals surface area contributed by atoms with Gasteiger partial charge in [0, 0.05) is 43.0 Å². The summed E-state index contributed by atoms with van der Waals surface area (Å²) in [6, 6.07) is 7.82. The molecular weight excluding hydrogens is 374 g/mol. The number of anilines is 1. The van der Waals surface area contributed by atoms with Crippen molar-refractivity contribution in [1.82, 2.24) is 10.2 Å². The summed E-state index contributed by atoms with van der Waals surface area (Å²) in [6.45, 7) is 7.29. The van der Waals surface area contributed by atoms with Crippen molar-refractivity contribution in [1.29, 1.82) is 0 Å². The molecule has 5 heteroatoms. The van der Waals surface area contributed by atoms with E-state index >= 15 is 0 Å². The summed E-state index contributed by atoms with van der Waals surface area (Å²) in [5.74, 6) is 2.89. The summed E-state index contributed by atoms with van der Waals surface area (Å²) in [6.07, 6.45) is 7.84. The Kier molecular flexibility index (Phi) is 5.12. The zero-order valence-corrected chi connectivity index (χ0v) is 18.4. The van der Waals surface area contributed by atoms with Crippen LogP contribution < -0.4 is 10.2 Å². The molecule has 5 nitrogen and oxygen atoms in total. The molecule has 5 aliphatic rings. The molecular formula is C25H35N3O2. The van der Waals surface area contributed by atoms with Crippen molar-refractivity contribution in [3.63, 3.8) is 0 Å². The summed E-state index contributed by atoms with van der Waals surface area (Å²) in [5.41, 5.74) is 2.01. The van der Waals surface area contributed by atoms with Crippen LogP contribution in [0.25, 0.3) is 0 Å². The van der Waals surface area contributed by atoms with E-state index in [1.165, 1.54) is 38.5 Å². The Morgan fingerprint density at radius 2 is 1.47 bits per heavy atom. The molecule has 162 valence electrons. The largest absolute Gasteiger partial charge is 0.369 e. The SMILES string of the molecule is CC(=O)c1ccc(N2CCN([C@H](C)C(=O)NC34CC5CC(CC(C5)C3)C4)CC2)cc1. The minimum atomic E-state index is -0.0692. The summed E-state index contributed by atoms with van der Waals surface area (Å²) in [7, 11) is 0. The van der Waals surface area contributed by atoms with E-state index in [2.05, 4.69) is 22.0 Å². The molecule has 0 aromatic heterocycles. The fraction of sp³-hybridized carbons (Fsp3) is 0.680. The lowest BCUT2D eigenvalue weighted by atomic mass is 9.53. The number of Topliss-reactive ketones (excluding diaryl/α,β-unsaturated/α-hetero) is 1. The maximum atomic E-state index is 13.2. The van der Waals surface area contributed by atoms with Gasteiger partial charge in [-0.05, 0) is 94.4 Å². The van der Waals surface area contributed by atoms with Crippen LogP contribution in [0.2, 0.25) is 0 Å². The Labute approximate surface area is 180 Å². The predicted octanol–water partition coefficient (Wildman–Crippen LogP) is 3.48. The molecule has 1 aliphatic heterocycles. The van der Waals surface area contributed by atoms with Gasteiger partial charge >= 0.3 is 0 Å². The maximum absolute atomic E-state index is 13.2. The predicted molar refractivity (Wildman–Crippen MR) is 119 cm³/mol. The molecule has 0 unspecified atom stereocenters. The van der Waals surface area contributed by atoms with Crippen LogP contribution in [0, 0.1) is 17.8 Å². The second kappa shape index (κ2) is 7.67. The van der Waals surface area contributed by atoms with E-state index in [4.69, 9.17) is 0 Å². The minimum Gasteiger partial charge on any atom is -0.369 e. The Hall–Kier alpha value is -1.88. The molecule has 4 bridgehead atoms. The Morgan fingerprint density at radius 1 is 0.933 bits per heavy atom. The highest BCUT2D eigenvalue weighted by Gasteiger charge is 2.51. The summed E-state index contributed by atoms with van der Waals surface area (Å²) in [4.78, 5) is 29.3. The third-order valence-electron chi connectivity index (χ3n) is 8.31. The normalized spacial score (nSPS) is 34.1. The van der Waals surface area contributed by atoms with Crippen LogP contribution in [-0.4, -0.2) is 54.4 Å². The zero-order chi connectivity index (χ0) is 20.9. The topological polar surface area (TPSA) is 52.7 Å². The molecule has 0 spiro atoms. The first kappa shape index (κ1) is 20.0. The quantitative estimate of drug-likeness (QED) is 0.757. The minimum absolute atomic E-state index is 0.0692. The van der Waals surface area contributed by atoms with Gasteiger partial charge in [-0.15, -0.1) is 0 Å². The summed E-state index contributed by atoms with van der Waals surface area (Å²) < 4.78 is 0. The highest BCUT2D eigenvalue weighted by atomic mass is 16.2. The van der Waals surface area contributed by atoms with Gasteiger partial charge in [0.1, 0.15) is 0 Å². The lowest BCUT2D eigenvalue weighted by Gasteiger charge is -2.57. The van der Waals surface area contributed by atoms with Gasteiger partial charge in [0.25, 0.3) is 0 Å². The molecule has 30 heavy (non-hydrogen) atoms. The lowest BCUT2D eigenvalue weighted by molar-refractivity contribution is -0.131. The van der Waals surface area contributed by atoms with Gasteiger partial charge in [0.15, 0.2) is 5.78 Å². The second-order valence-electron chi connectivity index (χ2n) is 10.5. The van der Waals surface area contributed by atoms with Crippen LogP contribution in [0.1, 0.15) is 62.7 Å². The van der Waals surface area contributed by atoms with Crippen molar-refractivity contribution >= 4 is 17.4 Å². The molecule has 6 rings (SSSR count). The van der Waals surface area contributed by atoms with Crippen molar-refractivity contribution in [2.45, 2.75) is 64.0 Å². The number of rotatable bonds is 5. The smallest absolute Gasteiger partial charge is 0.237 e. The van der Waals surface area contributed by atoms with Crippen molar-refractivity contribution < 1.29 is 9.59 Å². The van der Waals surface area contributed by atoms with E-state index in [0.29, 0.717) is 0 Å². The highest BCUT2D eigenvalue weighted by molar-refractivity contribution is 5.94. The Bertz CT molecular complexity index is 775. The number of nitrogens with one attached hydrogen (secondary N) is 1. The molecule has 1 aromatic rings. The second-order valence-corrected chi connectivity index (χ2v) is 10.5. The first-order valence-corrected chi connectivity index (χ1v) is 11.8. The molecule has 1 atom stereocenters. The number of hydrogen-bond donors (Lipinski definition) is 1. The van der Waals surface area contributed by atoms with Crippen LogP contribution in [0.15, 0.2) is 24.3 Å². The zero-order valence-electron chi connectivity index (χ0n) is 18.4. The molecule has 1 N–H and O–H groups in total. The number of amides is 1. The first-order valence-electron chi connectivity index (χ1n) is 11.8. The molecule has 1 aromatic carbocycles. The van der Waals surface area contributed by atoms with Gasteiger partial charge in [-0.1, -0.05) is 0 Å². The van der Waals surface area contributed by atoms with Crippen LogP contribution in [0.4, 0.5) is 5.69 Å². The third kappa shape index (κ3) is 3.77. The van der Waals surface area contributed by atoms with Crippen molar-refractivity contribution in [2.75, 3.05) is 31.1 Å². The van der Waals surface area contributed by atoms with E-state index < -0.39 is 0 Å². The van der Waals surface area contributed by atoms with Gasteiger partial charge in [0.05, 0.1) is 6.04 Å². The monoisotopic (exact) mass is 409 g/mol. The van der Waals surface area contributed by atoms with Gasteiger partial charge < -0.3 is 10.2 Å². The number of hydrogen-bond acceptors (Lipinski definition) is 4. The van der Waals surface area contributed by atoms with Crippen molar-refractivity contribution in [3.8, 4) is 0 Å². The summed E-state index contributed by atoms with van der Waals surface area (Å²) in [5, 5.41) is 3.56.